The van der Waals surface area contributed by atoms with Gasteiger partial charge in [0.1, 0.15) is 0 Å². The third-order valence-electron chi connectivity index (χ3n) is 20.6. The lowest BCUT2D eigenvalue weighted by molar-refractivity contribution is -0.175. The lowest BCUT2D eigenvalue weighted by Crippen LogP contribution is -2.51. The maximum absolute atomic E-state index is 14.9. The highest BCUT2D eigenvalue weighted by Crippen LogP contribution is 2.59. The molecule has 105 heavy (non-hydrogen) atoms. The number of thioether (sulfide) groups is 1. The number of carboxylic acid groups (broad SMARTS) is 1. The molecular formula is C74H120O30S. The average Bonchev–Trinajstić information content (AvgIpc) is 0.751. The van der Waals surface area contributed by atoms with E-state index >= 15 is 0 Å². The first-order valence-corrected chi connectivity index (χ1v) is 35.0. The van der Waals surface area contributed by atoms with Gasteiger partial charge in [-0.15, -0.1) is 0 Å². The monoisotopic (exact) mass is 1520 g/mol. The van der Waals surface area contributed by atoms with Crippen molar-refractivity contribution in [3.05, 3.63) is 0 Å². The first kappa shape index (κ1) is 97.4. The van der Waals surface area contributed by atoms with Crippen LogP contribution in [-0.2, 0) is 138 Å². The number of aliphatic carboxylic acids is 1. The summed E-state index contributed by atoms with van der Waals surface area (Å²) in [5, 5.41) is 9.33. The number of ether oxygens (including phenoxy) is 14. The minimum Gasteiger partial charge on any atom is -0.481 e. The zero-order chi connectivity index (χ0) is 82.6. The molecule has 0 aliphatic heterocycles. The minimum absolute atomic E-state index is 0.0564. The van der Waals surface area contributed by atoms with Crippen LogP contribution in [0.25, 0.3) is 0 Å². The molecule has 0 aliphatic carbocycles. The summed E-state index contributed by atoms with van der Waals surface area (Å²) < 4.78 is 75.0. The number of esters is 14. The van der Waals surface area contributed by atoms with E-state index in [-0.39, 0.29) is 30.8 Å². The Hall–Kier alpha value is -7.60. The SMILES string of the molecule is COC(=O)C(C)(C)CC(C)(CC(C)(CC(C)(CC(C)(CC(C)(CC(C)(CC(C)(CC(C)(CC(C)(CC(C)(CC(C)(CC(C)(CC(C)(CSCCC(=O)O)C(=O)OC)C(=O)OC)C(=O)OC)C(=O)OC)C(=O)OC)C(=O)OC)C(=O)OC)C(=O)OC)C(=O)OC)C(=O)OC)C(=O)OC)C(=O)OC)C(=O)OC. The highest BCUT2D eigenvalue weighted by atomic mass is 32.2. The number of carboxylic acids is 1. The molecule has 0 aliphatic rings. The first-order chi connectivity index (χ1) is 47.8. The van der Waals surface area contributed by atoms with Crippen molar-refractivity contribution in [2.45, 2.75) is 194 Å². The van der Waals surface area contributed by atoms with E-state index in [4.69, 9.17) is 66.3 Å². The normalized spacial score (nSPS) is 19.1. The van der Waals surface area contributed by atoms with Crippen molar-refractivity contribution < 1.29 is 143 Å². The Labute approximate surface area is 622 Å². The molecule has 0 radical (unpaired) electrons. The van der Waals surface area contributed by atoms with E-state index in [9.17, 15) is 77.0 Å². The summed E-state index contributed by atoms with van der Waals surface area (Å²) in [6.45, 7) is 21.1. The fraction of sp³-hybridized carbons (Fsp3) is 0.797. The van der Waals surface area contributed by atoms with Gasteiger partial charge in [0.25, 0.3) is 0 Å². The van der Waals surface area contributed by atoms with Crippen molar-refractivity contribution in [1.82, 2.24) is 0 Å². The molecule has 0 bridgehead atoms. The largest absolute Gasteiger partial charge is 0.481 e. The fourth-order valence-corrected chi connectivity index (χ4v) is 19.1. The molecule has 31 heteroatoms. The number of rotatable bonds is 45. The van der Waals surface area contributed by atoms with Crippen LogP contribution in [0.3, 0.4) is 0 Å². The molecule has 0 saturated heterocycles. The van der Waals surface area contributed by atoms with E-state index in [1.807, 2.05) is 0 Å². The predicted octanol–water partition coefficient (Wildman–Crippen LogP) is 8.80. The number of methoxy groups -OCH3 is 14. The smallest absolute Gasteiger partial charge is 0.312 e. The van der Waals surface area contributed by atoms with E-state index < -0.39 is 236 Å². The Kier molecular flexibility index (Phi) is 35.0. The fourth-order valence-electron chi connectivity index (χ4n) is 18.0. The molecule has 0 rings (SSSR count). The maximum atomic E-state index is 14.9. The summed E-state index contributed by atoms with van der Waals surface area (Å²) in [4.78, 5) is 214. The molecule has 0 aromatic rings. The molecule has 602 valence electrons. The molecular weight excluding hydrogens is 1400 g/mol. The highest BCUT2D eigenvalue weighted by Gasteiger charge is 2.63. The lowest BCUT2D eigenvalue weighted by Gasteiger charge is -2.47. The Morgan fingerprint density at radius 3 is 0.467 bits per heavy atom. The number of hydrogen-bond donors (Lipinski definition) is 1. The molecule has 0 fully saturated rings. The standard InChI is InChI=1S/C74H120O30S/c1-61(2,47(77)91-16)32-62(3,48(78)92-17)33-63(4,49(79)93-18)34-64(5,50(80)94-19)35-65(6,51(81)95-20)36-66(7,52(82)96-21)37-67(8,53(83)97-22)38-68(9,54(84)98-23)39-69(10,55(85)99-24)40-70(11,56(86)100-25)41-71(12,57(87)101-26)42-72(13,58(88)102-27)43-73(14,59(89)103-28)44-74(15,60(90)104-29)45-105-31-30-46(75)76/h30-45H2,1-29H3,(H,75,76). The van der Waals surface area contributed by atoms with E-state index in [2.05, 4.69) is 0 Å². The number of hydrogen-bond acceptors (Lipinski definition) is 30. The number of carbonyl (C=O) groups excluding carboxylic acids is 14. The molecule has 0 spiro atoms. The second-order valence-electron chi connectivity index (χ2n) is 32.5. The van der Waals surface area contributed by atoms with Crippen LogP contribution in [0.15, 0.2) is 0 Å². The molecule has 0 amide bonds. The van der Waals surface area contributed by atoms with Crippen molar-refractivity contribution in [1.29, 1.82) is 0 Å². The summed E-state index contributed by atoms with van der Waals surface area (Å²) in [6, 6.07) is 0. The quantitative estimate of drug-likeness (QED) is 0.0338. The minimum atomic E-state index is -2.10. The highest BCUT2D eigenvalue weighted by molar-refractivity contribution is 7.99. The first-order valence-electron chi connectivity index (χ1n) is 33.8. The zero-order valence-corrected chi connectivity index (χ0v) is 68.3. The van der Waals surface area contributed by atoms with Gasteiger partial charge in [-0.05, 0) is 187 Å². The van der Waals surface area contributed by atoms with Gasteiger partial charge >= 0.3 is 89.5 Å². The van der Waals surface area contributed by atoms with Crippen LogP contribution in [0.2, 0.25) is 0 Å². The molecule has 1 N–H and O–H groups in total. The van der Waals surface area contributed by atoms with Crippen LogP contribution in [0, 0.1) is 75.8 Å². The Morgan fingerprint density at radius 2 is 0.333 bits per heavy atom. The Bertz CT molecular complexity index is 3180. The summed E-state index contributed by atoms with van der Waals surface area (Å²) >= 11 is 1.10. The molecule has 0 aromatic carbocycles. The van der Waals surface area contributed by atoms with Gasteiger partial charge in [0.15, 0.2) is 0 Å². The summed E-state index contributed by atoms with van der Waals surface area (Å²) in [5.74, 6) is -14.5. The van der Waals surface area contributed by atoms with Gasteiger partial charge in [-0.3, -0.25) is 71.9 Å². The summed E-state index contributed by atoms with van der Waals surface area (Å²) in [5.41, 5.74) is -26.6. The number of carbonyl (C=O) groups is 15. The van der Waals surface area contributed by atoms with Crippen LogP contribution in [-0.4, -0.2) is 206 Å². The Morgan fingerprint density at radius 1 is 0.210 bits per heavy atom. The third kappa shape index (κ3) is 23.7. The van der Waals surface area contributed by atoms with Crippen molar-refractivity contribution in [3.8, 4) is 0 Å². The van der Waals surface area contributed by atoms with Crippen molar-refractivity contribution in [2.24, 2.45) is 75.8 Å². The van der Waals surface area contributed by atoms with Crippen LogP contribution in [0.5, 0.6) is 0 Å². The summed E-state index contributed by atoms with van der Waals surface area (Å²) in [7, 11) is 14.9. The molecule has 13 unspecified atom stereocenters. The topological polar surface area (TPSA) is 406 Å². The van der Waals surface area contributed by atoms with Crippen molar-refractivity contribution in [2.75, 3.05) is 111 Å². The van der Waals surface area contributed by atoms with Crippen LogP contribution < -0.4 is 0 Å². The second kappa shape index (κ2) is 37.8. The summed E-state index contributed by atoms with van der Waals surface area (Å²) in [6.07, 6.45) is -7.53. The van der Waals surface area contributed by atoms with E-state index in [1.165, 1.54) is 111 Å². The van der Waals surface area contributed by atoms with Crippen LogP contribution in [0.1, 0.15) is 194 Å². The lowest BCUT2D eigenvalue weighted by atomic mass is 9.55. The second-order valence-corrected chi connectivity index (χ2v) is 33.7. The van der Waals surface area contributed by atoms with Crippen LogP contribution in [0.4, 0.5) is 0 Å². The third-order valence-corrected chi connectivity index (χ3v) is 22.0. The maximum Gasteiger partial charge on any atom is 0.312 e. The van der Waals surface area contributed by atoms with Gasteiger partial charge in [-0.1, -0.05) is 0 Å². The molecule has 30 nitrogen and oxygen atoms in total. The molecule has 0 saturated carbocycles. The van der Waals surface area contributed by atoms with Gasteiger partial charge in [-0.2, -0.15) is 11.8 Å². The molecule has 13 atom stereocenters. The van der Waals surface area contributed by atoms with Gasteiger partial charge in [0.05, 0.1) is 182 Å². The Balaban J connectivity index is 8.86. The zero-order valence-electron chi connectivity index (χ0n) is 67.5. The van der Waals surface area contributed by atoms with Gasteiger partial charge in [0.2, 0.25) is 0 Å². The van der Waals surface area contributed by atoms with Gasteiger partial charge in [-0.25, -0.2) is 0 Å². The van der Waals surface area contributed by atoms with E-state index in [0.29, 0.717) is 0 Å². The van der Waals surface area contributed by atoms with Gasteiger partial charge < -0.3 is 71.4 Å². The van der Waals surface area contributed by atoms with E-state index in [0.717, 1.165) is 104 Å². The predicted molar refractivity (Wildman–Crippen MR) is 377 cm³/mol. The molecule has 0 heterocycles. The van der Waals surface area contributed by atoms with Crippen molar-refractivity contribution >= 4 is 101 Å². The van der Waals surface area contributed by atoms with Gasteiger partial charge in [0, 0.05) is 11.5 Å². The van der Waals surface area contributed by atoms with E-state index in [1.54, 1.807) is 0 Å². The van der Waals surface area contributed by atoms with Crippen LogP contribution >= 0.6 is 11.8 Å². The molecule has 0 aromatic heterocycles. The van der Waals surface area contributed by atoms with Crippen molar-refractivity contribution in [3.63, 3.8) is 0 Å². The average molecular weight is 1520 g/mol.